The summed E-state index contributed by atoms with van der Waals surface area (Å²) in [6.07, 6.45) is 1.23. The zero-order valence-corrected chi connectivity index (χ0v) is 15.9. The van der Waals surface area contributed by atoms with E-state index in [4.69, 9.17) is 25.8 Å². The summed E-state index contributed by atoms with van der Waals surface area (Å²) < 4.78 is 41.1. The molecule has 2 aromatic carbocycles. The van der Waals surface area contributed by atoms with Crippen molar-refractivity contribution in [2.75, 3.05) is 21.3 Å². The normalized spacial score (nSPS) is 11.6. The first-order valence-corrected chi connectivity index (χ1v) is 9.16. The van der Waals surface area contributed by atoms with E-state index in [-0.39, 0.29) is 4.90 Å². The van der Waals surface area contributed by atoms with E-state index < -0.39 is 14.7 Å². The third kappa shape index (κ3) is 3.93. The van der Waals surface area contributed by atoms with Gasteiger partial charge in [0.2, 0.25) is 9.84 Å². The predicted molar refractivity (Wildman–Crippen MR) is 98.3 cm³/mol. The second-order valence-electron chi connectivity index (χ2n) is 5.03. The lowest BCUT2D eigenvalue weighted by atomic mass is 10.1. The highest BCUT2D eigenvalue weighted by molar-refractivity contribution is 7.95. The summed E-state index contributed by atoms with van der Waals surface area (Å²) in [4.78, 5) is -0.473. The average Bonchev–Trinajstić information content (AvgIpc) is 2.65. The molecule has 0 amide bonds. The van der Waals surface area contributed by atoms with Crippen LogP contribution in [0.25, 0.3) is 6.08 Å². The SMILES string of the molecule is COc1cc(OC)c(OC)cc1/C=C(\C#N)S(=O)(=O)c1ccc(Cl)cc1. The van der Waals surface area contributed by atoms with Gasteiger partial charge in [-0.15, -0.1) is 0 Å². The van der Waals surface area contributed by atoms with E-state index in [0.717, 1.165) is 0 Å². The van der Waals surface area contributed by atoms with Crippen LogP contribution in [-0.4, -0.2) is 29.7 Å². The van der Waals surface area contributed by atoms with Crippen LogP contribution >= 0.6 is 11.6 Å². The van der Waals surface area contributed by atoms with E-state index in [1.807, 2.05) is 0 Å². The minimum absolute atomic E-state index is 0.0332. The van der Waals surface area contributed by atoms with E-state index in [1.54, 1.807) is 12.1 Å². The van der Waals surface area contributed by atoms with Crippen molar-refractivity contribution in [1.29, 1.82) is 5.26 Å². The predicted octanol–water partition coefficient (Wildman–Crippen LogP) is 3.70. The Bertz CT molecular complexity index is 976. The summed E-state index contributed by atoms with van der Waals surface area (Å²) in [6.45, 7) is 0. The molecule has 6 nitrogen and oxygen atoms in total. The van der Waals surface area contributed by atoms with E-state index in [2.05, 4.69) is 0 Å². The molecule has 0 bridgehead atoms. The van der Waals surface area contributed by atoms with Gasteiger partial charge < -0.3 is 14.2 Å². The maximum Gasteiger partial charge on any atom is 0.216 e. The number of rotatable bonds is 6. The maximum absolute atomic E-state index is 12.7. The monoisotopic (exact) mass is 393 g/mol. The van der Waals surface area contributed by atoms with Crippen molar-refractivity contribution >= 4 is 27.5 Å². The van der Waals surface area contributed by atoms with Gasteiger partial charge in [-0.3, -0.25) is 0 Å². The van der Waals surface area contributed by atoms with Crippen LogP contribution in [0.15, 0.2) is 46.2 Å². The molecular formula is C18H16ClNO5S. The Balaban J connectivity index is 2.62. The van der Waals surface area contributed by atoms with Gasteiger partial charge in [0, 0.05) is 16.7 Å². The summed E-state index contributed by atoms with van der Waals surface area (Å²) in [5, 5.41) is 9.81. The summed E-state index contributed by atoms with van der Waals surface area (Å²) >= 11 is 5.79. The van der Waals surface area contributed by atoms with Gasteiger partial charge in [0.25, 0.3) is 0 Å². The molecule has 0 atom stereocenters. The van der Waals surface area contributed by atoms with Crippen molar-refractivity contribution in [3.05, 3.63) is 51.9 Å². The Morgan fingerprint density at radius 1 is 1.00 bits per heavy atom. The van der Waals surface area contributed by atoms with Crippen molar-refractivity contribution < 1.29 is 22.6 Å². The van der Waals surface area contributed by atoms with Gasteiger partial charge in [0.1, 0.15) is 16.7 Å². The maximum atomic E-state index is 12.7. The van der Waals surface area contributed by atoms with E-state index in [0.29, 0.717) is 27.8 Å². The first-order valence-electron chi connectivity index (χ1n) is 7.29. The minimum Gasteiger partial charge on any atom is -0.496 e. The van der Waals surface area contributed by atoms with Gasteiger partial charge in [0.05, 0.1) is 26.2 Å². The quantitative estimate of drug-likeness (QED) is 0.695. The Morgan fingerprint density at radius 2 is 1.54 bits per heavy atom. The fraction of sp³-hybridized carbons (Fsp3) is 0.167. The number of halogens is 1. The molecule has 0 unspecified atom stereocenters. The molecule has 0 aliphatic carbocycles. The van der Waals surface area contributed by atoms with Gasteiger partial charge in [-0.25, -0.2) is 8.42 Å². The Hall–Kier alpha value is -2.69. The minimum atomic E-state index is -4.01. The number of sulfone groups is 1. The molecule has 0 saturated heterocycles. The summed E-state index contributed by atoms with van der Waals surface area (Å²) in [7, 11) is 0.339. The fourth-order valence-electron chi connectivity index (χ4n) is 2.22. The standard InChI is InChI=1S/C18H16ClNO5S/c1-23-16-10-18(25-3)17(24-2)9-12(16)8-15(11-20)26(21,22)14-6-4-13(19)5-7-14/h4-10H,1-3H3/b15-8+. The first-order chi connectivity index (χ1) is 12.4. The Labute approximate surface area is 157 Å². The smallest absolute Gasteiger partial charge is 0.216 e. The van der Waals surface area contributed by atoms with Crippen molar-refractivity contribution in [3.63, 3.8) is 0 Å². The van der Waals surface area contributed by atoms with E-state index in [9.17, 15) is 13.7 Å². The second-order valence-corrected chi connectivity index (χ2v) is 7.38. The van der Waals surface area contributed by atoms with Crippen molar-refractivity contribution in [2.24, 2.45) is 0 Å². The highest BCUT2D eigenvalue weighted by Crippen LogP contribution is 2.36. The average molecular weight is 394 g/mol. The van der Waals surface area contributed by atoms with Crippen LogP contribution in [-0.2, 0) is 9.84 Å². The number of allylic oxidation sites excluding steroid dienone is 1. The van der Waals surface area contributed by atoms with Crippen LogP contribution < -0.4 is 14.2 Å². The van der Waals surface area contributed by atoms with E-state index >= 15 is 0 Å². The molecule has 0 radical (unpaired) electrons. The molecule has 136 valence electrons. The van der Waals surface area contributed by atoms with Crippen molar-refractivity contribution in [2.45, 2.75) is 4.90 Å². The zero-order chi connectivity index (χ0) is 19.3. The number of nitriles is 1. The van der Waals surface area contributed by atoms with Crippen molar-refractivity contribution in [3.8, 4) is 23.3 Å². The number of ether oxygens (including phenoxy) is 3. The molecule has 8 heteroatoms. The third-order valence-corrected chi connectivity index (χ3v) is 5.48. The number of nitrogens with zero attached hydrogens (tertiary/aromatic N) is 1. The molecule has 0 fully saturated rings. The summed E-state index contributed by atoms with van der Waals surface area (Å²) in [5.74, 6) is 1.13. The molecule has 0 saturated carbocycles. The topological polar surface area (TPSA) is 85.6 Å². The first kappa shape index (κ1) is 19.6. The number of hydrogen-bond donors (Lipinski definition) is 0. The highest BCUT2D eigenvalue weighted by Gasteiger charge is 2.22. The van der Waals surface area contributed by atoms with Crippen LogP contribution in [0, 0.1) is 11.3 Å². The van der Waals surface area contributed by atoms with Gasteiger partial charge in [-0.2, -0.15) is 5.26 Å². The highest BCUT2D eigenvalue weighted by atomic mass is 35.5. The molecule has 0 heterocycles. The van der Waals surface area contributed by atoms with Crippen molar-refractivity contribution in [1.82, 2.24) is 0 Å². The molecule has 0 spiro atoms. The molecule has 0 aliphatic rings. The Kier molecular flexibility index (Phi) is 6.14. The Morgan fingerprint density at radius 3 is 2.04 bits per heavy atom. The number of methoxy groups -OCH3 is 3. The molecule has 0 aliphatic heterocycles. The van der Waals surface area contributed by atoms with Crippen LogP contribution in [0.5, 0.6) is 17.2 Å². The summed E-state index contributed by atoms with van der Waals surface area (Å²) in [6, 6.07) is 10.4. The molecule has 0 N–H and O–H groups in total. The fourth-order valence-corrected chi connectivity index (χ4v) is 3.49. The van der Waals surface area contributed by atoms with Gasteiger partial charge in [-0.05, 0) is 36.4 Å². The van der Waals surface area contributed by atoms with Crippen LogP contribution in [0.1, 0.15) is 5.56 Å². The number of hydrogen-bond acceptors (Lipinski definition) is 6. The lowest BCUT2D eigenvalue weighted by Gasteiger charge is -2.12. The van der Waals surface area contributed by atoms with E-state index in [1.165, 1.54) is 57.7 Å². The molecular weight excluding hydrogens is 378 g/mol. The second kappa shape index (κ2) is 8.13. The van der Waals surface area contributed by atoms with Gasteiger partial charge in [0.15, 0.2) is 11.5 Å². The zero-order valence-electron chi connectivity index (χ0n) is 14.3. The third-order valence-electron chi connectivity index (χ3n) is 3.55. The largest absolute Gasteiger partial charge is 0.496 e. The van der Waals surface area contributed by atoms with Gasteiger partial charge >= 0.3 is 0 Å². The number of benzene rings is 2. The van der Waals surface area contributed by atoms with Crippen LogP contribution in [0.3, 0.4) is 0 Å². The lowest BCUT2D eigenvalue weighted by Crippen LogP contribution is -2.04. The lowest BCUT2D eigenvalue weighted by molar-refractivity contribution is 0.348. The molecule has 26 heavy (non-hydrogen) atoms. The van der Waals surface area contributed by atoms with Crippen LogP contribution in [0.2, 0.25) is 5.02 Å². The van der Waals surface area contributed by atoms with Gasteiger partial charge in [-0.1, -0.05) is 11.6 Å². The van der Waals surface area contributed by atoms with Crippen LogP contribution in [0.4, 0.5) is 0 Å². The molecule has 0 aromatic heterocycles. The molecule has 2 rings (SSSR count). The molecule has 2 aromatic rings. The summed E-state index contributed by atoms with van der Waals surface area (Å²) in [5.41, 5.74) is 0.360.